The van der Waals surface area contributed by atoms with Crippen molar-refractivity contribution in [3.63, 3.8) is 0 Å². The number of fused-ring (bicyclic) bond motifs is 1. The Labute approximate surface area is 198 Å². The monoisotopic (exact) mass is 510 g/mol. The first-order valence-electron chi connectivity index (χ1n) is 10.8. The average Bonchev–Trinajstić information content (AvgIpc) is 3.20. The predicted molar refractivity (Wildman–Crippen MR) is 131 cm³/mol. The molecule has 2 aliphatic rings. The first kappa shape index (κ1) is 21.2. The molecule has 2 heterocycles. The lowest BCUT2D eigenvalue weighted by molar-refractivity contribution is -0.118. The molecule has 3 aromatic rings. The highest BCUT2D eigenvalue weighted by atomic mass is 79.9. The number of benzene rings is 2. The molecule has 0 atom stereocenters. The van der Waals surface area contributed by atoms with E-state index in [1.807, 2.05) is 53.4 Å². The van der Waals surface area contributed by atoms with Gasteiger partial charge < -0.3 is 10.1 Å². The van der Waals surface area contributed by atoms with Crippen molar-refractivity contribution in [2.24, 2.45) is 10.1 Å². The zero-order valence-corrected chi connectivity index (χ0v) is 19.9. The number of thiazole rings is 1. The van der Waals surface area contributed by atoms with Gasteiger partial charge in [-0.2, -0.15) is 5.10 Å². The molecule has 1 aliphatic carbocycles. The normalized spacial score (nSPS) is 17.3. The molecule has 6 nitrogen and oxygen atoms in total. The van der Waals surface area contributed by atoms with Crippen LogP contribution in [0.1, 0.15) is 37.7 Å². The van der Waals surface area contributed by atoms with Gasteiger partial charge in [0.05, 0.1) is 23.6 Å². The molecule has 164 valence electrons. The first-order valence-corrected chi connectivity index (χ1v) is 12.4. The third-order valence-corrected chi connectivity index (χ3v) is 6.96. The molecular formula is C24H23BrN4O2S. The van der Waals surface area contributed by atoms with Crippen LogP contribution >= 0.6 is 27.3 Å². The Bertz CT molecular complexity index is 1240. The van der Waals surface area contributed by atoms with Gasteiger partial charge in [-0.15, -0.1) is 11.3 Å². The molecule has 1 saturated carbocycles. The van der Waals surface area contributed by atoms with Crippen molar-refractivity contribution in [1.82, 2.24) is 4.68 Å². The number of halogens is 1. The third-order valence-electron chi connectivity index (χ3n) is 5.63. The second-order valence-corrected chi connectivity index (χ2v) is 9.74. The van der Waals surface area contributed by atoms with Gasteiger partial charge in [-0.1, -0.05) is 47.3 Å². The van der Waals surface area contributed by atoms with Crippen LogP contribution < -0.4 is 14.9 Å². The minimum Gasteiger partial charge on any atom is -0.482 e. The molecule has 32 heavy (non-hydrogen) atoms. The van der Waals surface area contributed by atoms with E-state index in [2.05, 4.69) is 26.6 Å². The van der Waals surface area contributed by atoms with E-state index in [4.69, 9.17) is 14.8 Å². The number of nitrogens with one attached hydrogen (secondary N) is 1. The maximum absolute atomic E-state index is 11.8. The second-order valence-electron chi connectivity index (χ2n) is 7.98. The predicted octanol–water partition coefficient (Wildman–Crippen LogP) is 5.43. The molecule has 0 unspecified atom stereocenters. The maximum Gasteiger partial charge on any atom is 0.262 e. The Morgan fingerprint density at radius 1 is 1.16 bits per heavy atom. The highest BCUT2D eigenvalue weighted by Crippen LogP contribution is 2.33. The number of nitrogens with zero attached hydrogens (tertiary/aromatic N) is 3. The molecule has 1 N–H and O–H groups in total. The number of hydrogen-bond acceptors (Lipinski definition) is 5. The molecule has 2 aromatic carbocycles. The topological polar surface area (TPSA) is 68.0 Å². The van der Waals surface area contributed by atoms with Crippen molar-refractivity contribution in [1.29, 1.82) is 0 Å². The molecule has 1 fully saturated rings. The van der Waals surface area contributed by atoms with Crippen LogP contribution in [0, 0.1) is 0 Å². The van der Waals surface area contributed by atoms with Gasteiger partial charge >= 0.3 is 0 Å². The van der Waals surface area contributed by atoms with Crippen molar-refractivity contribution in [3.05, 3.63) is 62.7 Å². The van der Waals surface area contributed by atoms with E-state index in [9.17, 15) is 4.79 Å². The molecule has 1 amide bonds. The van der Waals surface area contributed by atoms with E-state index in [0.29, 0.717) is 17.5 Å². The summed E-state index contributed by atoms with van der Waals surface area (Å²) in [7, 11) is 0. The van der Waals surface area contributed by atoms with Crippen LogP contribution in [0.2, 0.25) is 0 Å². The minimum absolute atomic E-state index is 0.0478. The van der Waals surface area contributed by atoms with E-state index in [-0.39, 0.29) is 12.5 Å². The van der Waals surface area contributed by atoms with E-state index in [1.165, 1.54) is 19.3 Å². The summed E-state index contributed by atoms with van der Waals surface area (Å²) >= 11 is 5.12. The van der Waals surface area contributed by atoms with Gasteiger partial charge in [-0.25, -0.2) is 4.68 Å². The van der Waals surface area contributed by atoms with Crippen molar-refractivity contribution in [2.45, 2.75) is 38.1 Å². The molecule has 1 aliphatic heterocycles. The number of ether oxygens (including phenoxy) is 1. The maximum atomic E-state index is 11.8. The van der Waals surface area contributed by atoms with Gasteiger partial charge in [0, 0.05) is 15.4 Å². The fourth-order valence-corrected chi connectivity index (χ4v) is 5.34. The van der Waals surface area contributed by atoms with E-state index < -0.39 is 0 Å². The van der Waals surface area contributed by atoms with Gasteiger partial charge in [0.2, 0.25) is 4.80 Å². The Balaban J connectivity index is 1.57. The van der Waals surface area contributed by atoms with Crippen LogP contribution in [0.4, 0.5) is 5.69 Å². The summed E-state index contributed by atoms with van der Waals surface area (Å²) in [6, 6.07) is 14.2. The summed E-state index contributed by atoms with van der Waals surface area (Å²) in [4.78, 5) is 17.7. The number of hydrogen-bond donors (Lipinski definition) is 1. The van der Waals surface area contributed by atoms with Gasteiger partial charge in [-0.05, 0) is 48.7 Å². The molecule has 8 heteroatoms. The lowest BCUT2D eigenvalue weighted by Gasteiger charge is -2.18. The second kappa shape index (κ2) is 9.42. The van der Waals surface area contributed by atoms with Crippen LogP contribution in [0.3, 0.4) is 0 Å². The SMILES string of the molecule is O=C1COc2ccc(-c3csc(=NC4CCCCC4)n3N=Cc3cccc(Br)c3)cc2N1. The van der Waals surface area contributed by atoms with Crippen molar-refractivity contribution in [2.75, 3.05) is 11.9 Å². The highest BCUT2D eigenvalue weighted by molar-refractivity contribution is 9.10. The third kappa shape index (κ3) is 4.71. The fourth-order valence-electron chi connectivity index (χ4n) is 4.02. The number of anilines is 1. The zero-order chi connectivity index (χ0) is 21.9. The number of rotatable bonds is 4. The Hall–Kier alpha value is -2.71. The molecule has 0 saturated heterocycles. The summed E-state index contributed by atoms with van der Waals surface area (Å²) in [5.41, 5.74) is 3.55. The lowest BCUT2D eigenvalue weighted by atomic mass is 9.96. The van der Waals surface area contributed by atoms with Crippen LogP contribution in [0.25, 0.3) is 11.3 Å². The molecule has 0 spiro atoms. The van der Waals surface area contributed by atoms with Gasteiger partial charge in [0.1, 0.15) is 5.75 Å². The van der Waals surface area contributed by atoms with Gasteiger partial charge in [-0.3, -0.25) is 9.79 Å². The summed E-state index contributed by atoms with van der Waals surface area (Å²) in [6.07, 6.45) is 7.88. The van der Waals surface area contributed by atoms with Crippen molar-refractivity contribution >= 4 is 45.1 Å². The van der Waals surface area contributed by atoms with E-state index in [1.54, 1.807) is 11.3 Å². The number of aromatic nitrogens is 1. The largest absolute Gasteiger partial charge is 0.482 e. The molecule has 5 rings (SSSR count). The first-order chi connectivity index (χ1) is 15.7. The van der Waals surface area contributed by atoms with E-state index >= 15 is 0 Å². The Morgan fingerprint density at radius 3 is 2.88 bits per heavy atom. The number of carbonyl (C=O) groups excluding carboxylic acids is 1. The fraction of sp³-hybridized carbons (Fsp3) is 0.292. The quantitative estimate of drug-likeness (QED) is 0.475. The van der Waals surface area contributed by atoms with Crippen LogP contribution in [0.5, 0.6) is 5.75 Å². The minimum atomic E-state index is -0.145. The molecule has 0 radical (unpaired) electrons. The highest BCUT2D eigenvalue weighted by Gasteiger charge is 2.18. The Morgan fingerprint density at radius 2 is 2.03 bits per heavy atom. The summed E-state index contributed by atoms with van der Waals surface area (Å²) < 4.78 is 8.43. The lowest BCUT2D eigenvalue weighted by Crippen LogP contribution is -2.25. The summed E-state index contributed by atoms with van der Waals surface area (Å²) in [5.74, 6) is 0.536. The zero-order valence-electron chi connectivity index (χ0n) is 17.5. The molecule has 0 bridgehead atoms. The molecule has 1 aromatic heterocycles. The Kier molecular flexibility index (Phi) is 6.23. The van der Waals surface area contributed by atoms with Crippen LogP contribution in [-0.2, 0) is 4.79 Å². The standard InChI is InChI=1S/C24H23BrN4O2S/c25-18-6-4-5-16(11-18)13-26-29-21(15-32-24(29)27-19-7-2-1-3-8-19)17-9-10-22-20(12-17)28-23(30)14-31-22/h4-6,9-13,15,19H,1-3,7-8,14H2,(H,28,30). The van der Waals surface area contributed by atoms with Gasteiger partial charge in [0.25, 0.3) is 5.91 Å². The van der Waals surface area contributed by atoms with Crippen LogP contribution in [-0.4, -0.2) is 29.4 Å². The number of amides is 1. The van der Waals surface area contributed by atoms with Crippen molar-refractivity contribution in [3.8, 4) is 17.0 Å². The summed E-state index contributed by atoms with van der Waals surface area (Å²) in [5, 5.41) is 9.78. The van der Waals surface area contributed by atoms with Crippen LogP contribution in [0.15, 0.2) is 62.4 Å². The molecular weight excluding hydrogens is 488 g/mol. The van der Waals surface area contributed by atoms with Crippen molar-refractivity contribution < 1.29 is 9.53 Å². The summed E-state index contributed by atoms with van der Waals surface area (Å²) in [6.45, 7) is 0.0478. The van der Waals surface area contributed by atoms with Gasteiger partial charge in [0.15, 0.2) is 6.61 Å². The van der Waals surface area contributed by atoms with E-state index in [0.717, 1.165) is 38.9 Å². The smallest absolute Gasteiger partial charge is 0.262 e. The average molecular weight is 511 g/mol. The number of carbonyl (C=O) groups is 1.